The smallest absolute Gasteiger partial charge is 0.142 e. The van der Waals surface area contributed by atoms with Crippen molar-refractivity contribution in [2.45, 2.75) is 19.3 Å². The molecule has 0 amide bonds. The number of nitrogen functional groups attached to an aromatic ring is 1. The SMILES string of the molecule is N#Cc1c(N)nc2c(c1-c1cc(Br)ccc1F)CCC2. The van der Waals surface area contributed by atoms with Gasteiger partial charge in [0.1, 0.15) is 23.3 Å². The number of aromatic nitrogens is 1. The normalized spacial score (nSPS) is 13.1. The lowest BCUT2D eigenvalue weighted by atomic mass is 9.94. The van der Waals surface area contributed by atoms with Crippen LogP contribution in [0.25, 0.3) is 11.1 Å². The second-order valence-corrected chi connectivity index (χ2v) is 5.68. The predicted molar refractivity (Wildman–Crippen MR) is 78.5 cm³/mol. The number of rotatable bonds is 1. The van der Waals surface area contributed by atoms with Gasteiger partial charge in [-0.25, -0.2) is 9.37 Å². The fourth-order valence-corrected chi connectivity index (χ4v) is 3.06. The van der Waals surface area contributed by atoms with Crippen molar-refractivity contribution >= 4 is 21.7 Å². The molecule has 20 heavy (non-hydrogen) atoms. The lowest BCUT2D eigenvalue weighted by Crippen LogP contribution is -2.04. The molecule has 0 aliphatic heterocycles. The maximum atomic E-state index is 14.2. The molecule has 0 atom stereocenters. The van der Waals surface area contributed by atoms with Gasteiger partial charge in [-0.1, -0.05) is 15.9 Å². The van der Waals surface area contributed by atoms with Crippen LogP contribution in [0.4, 0.5) is 10.2 Å². The third kappa shape index (κ3) is 1.97. The highest BCUT2D eigenvalue weighted by Crippen LogP contribution is 2.38. The average Bonchev–Trinajstić information content (AvgIpc) is 2.87. The number of anilines is 1. The third-order valence-electron chi connectivity index (χ3n) is 3.56. The molecule has 1 aliphatic rings. The molecule has 0 fully saturated rings. The first-order valence-corrected chi connectivity index (χ1v) is 7.08. The topological polar surface area (TPSA) is 62.7 Å². The van der Waals surface area contributed by atoms with Gasteiger partial charge >= 0.3 is 0 Å². The van der Waals surface area contributed by atoms with E-state index in [1.54, 1.807) is 12.1 Å². The number of nitrogens with two attached hydrogens (primary N) is 1. The Morgan fingerprint density at radius 1 is 1.35 bits per heavy atom. The molecule has 3 nitrogen and oxygen atoms in total. The predicted octanol–water partition coefficient (Wildman–Crippen LogP) is 3.59. The first kappa shape index (κ1) is 13.1. The van der Waals surface area contributed by atoms with Crippen LogP contribution in [0.5, 0.6) is 0 Å². The van der Waals surface area contributed by atoms with Crippen LogP contribution in [0.3, 0.4) is 0 Å². The van der Waals surface area contributed by atoms with E-state index in [0.29, 0.717) is 11.1 Å². The molecule has 0 saturated heterocycles. The summed E-state index contributed by atoms with van der Waals surface area (Å²) < 4.78 is 14.9. The molecule has 0 radical (unpaired) electrons. The van der Waals surface area contributed by atoms with Crippen LogP contribution in [-0.2, 0) is 12.8 Å². The summed E-state index contributed by atoms with van der Waals surface area (Å²) in [5.74, 6) is -0.174. The molecule has 3 rings (SSSR count). The van der Waals surface area contributed by atoms with Crippen molar-refractivity contribution in [3.05, 3.63) is 45.3 Å². The van der Waals surface area contributed by atoms with E-state index in [0.717, 1.165) is 35.0 Å². The van der Waals surface area contributed by atoms with E-state index < -0.39 is 0 Å². The van der Waals surface area contributed by atoms with E-state index in [-0.39, 0.29) is 17.2 Å². The maximum Gasteiger partial charge on any atom is 0.142 e. The number of aryl methyl sites for hydroxylation is 1. The number of nitrogens with zero attached hydrogens (tertiary/aromatic N) is 2. The Kier molecular flexibility index (Phi) is 3.19. The van der Waals surface area contributed by atoms with Crippen LogP contribution >= 0.6 is 15.9 Å². The second-order valence-electron chi connectivity index (χ2n) is 4.76. The highest BCUT2D eigenvalue weighted by Gasteiger charge is 2.24. The number of pyridine rings is 1. The lowest BCUT2D eigenvalue weighted by Gasteiger charge is -2.13. The summed E-state index contributed by atoms with van der Waals surface area (Å²) in [6, 6.07) is 6.78. The minimum atomic E-state index is -0.357. The zero-order valence-corrected chi connectivity index (χ0v) is 12.2. The molecular weight excluding hydrogens is 321 g/mol. The van der Waals surface area contributed by atoms with Crippen LogP contribution in [0, 0.1) is 17.1 Å². The molecule has 5 heteroatoms. The Bertz CT molecular complexity index is 749. The Morgan fingerprint density at radius 2 is 2.15 bits per heavy atom. The molecular formula is C15H11BrFN3. The van der Waals surface area contributed by atoms with Gasteiger partial charge in [0.15, 0.2) is 0 Å². The van der Waals surface area contributed by atoms with E-state index >= 15 is 0 Å². The minimum Gasteiger partial charge on any atom is -0.383 e. The minimum absolute atomic E-state index is 0.183. The summed E-state index contributed by atoms with van der Waals surface area (Å²) in [7, 11) is 0. The first-order valence-electron chi connectivity index (χ1n) is 6.28. The monoisotopic (exact) mass is 331 g/mol. The molecule has 0 bridgehead atoms. The molecule has 1 aromatic carbocycles. The zero-order valence-electron chi connectivity index (χ0n) is 10.6. The largest absolute Gasteiger partial charge is 0.383 e. The Labute approximate surface area is 124 Å². The fourth-order valence-electron chi connectivity index (χ4n) is 2.70. The van der Waals surface area contributed by atoms with E-state index in [9.17, 15) is 9.65 Å². The summed E-state index contributed by atoms with van der Waals surface area (Å²) >= 11 is 3.34. The number of hydrogen-bond acceptors (Lipinski definition) is 3. The number of hydrogen-bond donors (Lipinski definition) is 1. The second kappa shape index (κ2) is 4.88. The van der Waals surface area contributed by atoms with Crippen molar-refractivity contribution in [3.8, 4) is 17.2 Å². The van der Waals surface area contributed by atoms with Crippen LogP contribution in [0.2, 0.25) is 0 Å². The summed E-state index contributed by atoms with van der Waals surface area (Å²) in [4.78, 5) is 4.28. The lowest BCUT2D eigenvalue weighted by molar-refractivity contribution is 0.631. The molecule has 1 aromatic heterocycles. The summed E-state index contributed by atoms with van der Waals surface area (Å²) in [6.45, 7) is 0. The third-order valence-corrected chi connectivity index (χ3v) is 4.05. The number of fused-ring (bicyclic) bond motifs is 1. The van der Waals surface area contributed by atoms with Crippen molar-refractivity contribution in [1.82, 2.24) is 4.98 Å². The van der Waals surface area contributed by atoms with Gasteiger partial charge in [-0.2, -0.15) is 5.26 Å². The van der Waals surface area contributed by atoms with Crippen LogP contribution in [0.15, 0.2) is 22.7 Å². The molecule has 0 saturated carbocycles. The standard InChI is InChI=1S/C15H11BrFN3/c16-8-4-5-12(17)10(6-8)14-9-2-1-3-13(9)20-15(19)11(14)7-18/h4-6H,1-3H2,(H2,19,20). The highest BCUT2D eigenvalue weighted by molar-refractivity contribution is 9.10. The van der Waals surface area contributed by atoms with Crippen molar-refractivity contribution in [2.24, 2.45) is 0 Å². The van der Waals surface area contributed by atoms with Crippen LogP contribution in [0.1, 0.15) is 23.2 Å². The Balaban J connectivity index is 2.38. The fraction of sp³-hybridized carbons (Fsp3) is 0.200. The molecule has 2 aromatic rings. The van der Waals surface area contributed by atoms with Crippen LogP contribution in [-0.4, -0.2) is 4.98 Å². The zero-order chi connectivity index (χ0) is 14.3. The molecule has 2 N–H and O–H groups in total. The Morgan fingerprint density at radius 3 is 2.90 bits per heavy atom. The van der Waals surface area contributed by atoms with Gasteiger partial charge in [0.2, 0.25) is 0 Å². The van der Waals surface area contributed by atoms with Crippen molar-refractivity contribution in [3.63, 3.8) is 0 Å². The summed E-state index contributed by atoms with van der Waals surface area (Å²) in [5.41, 5.74) is 8.97. The molecule has 1 heterocycles. The van der Waals surface area contributed by atoms with Crippen molar-refractivity contribution in [2.75, 3.05) is 5.73 Å². The number of halogens is 2. The van der Waals surface area contributed by atoms with Gasteiger partial charge in [0.05, 0.1) is 0 Å². The van der Waals surface area contributed by atoms with Gasteiger partial charge < -0.3 is 5.73 Å². The Hall–Kier alpha value is -1.93. The van der Waals surface area contributed by atoms with Crippen molar-refractivity contribution < 1.29 is 4.39 Å². The van der Waals surface area contributed by atoms with Crippen molar-refractivity contribution in [1.29, 1.82) is 5.26 Å². The van der Waals surface area contributed by atoms with Gasteiger partial charge in [0, 0.05) is 21.3 Å². The number of nitriles is 1. The van der Waals surface area contributed by atoms with E-state index in [2.05, 4.69) is 27.0 Å². The van der Waals surface area contributed by atoms with Gasteiger partial charge in [0.25, 0.3) is 0 Å². The number of benzene rings is 1. The molecule has 1 aliphatic carbocycles. The van der Waals surface area contributed by atoms with E-state index in [1.165, 1.54) is 6.07 Å². The van der Waals surface area contributed by atoms with Gasteiger partial charge in [-0.05, 0) is 43.0 Å². The highest BCUT2D eigenvalue weighted by atomic mass is 79.9. The first-order chi connectivity index (χ1) is 9.61. The average molecular weight is 332 g/mol. The molecule has 100 valence electrons. The van der Waals surface area contributed by atoms with E-state index in [4.69, 9.17) is 5.73 Å². The van der Waals surface area contributed by atoms with Crippen LogP contribution < -0.4 is 5.73 Å². The summed E-state index contributed by atoms with van der Waals surface area (Å²) in [6.07, 6.45) is 2.59. The quantitative estimate of drug-likeness (QED) is 0.868. The maximum absolute atomic E-state index is 14.2. The van der Waals surface area contributed by atoms with E-state index in [1.807, 2.05) is 0 Å². The molecule has 0 unspecified atom stereocenters. The van der Waals surface area contributed by atoms with Gasteiger partial charge in [-0.15, -0.1) is 0 Å². The molecule has 0 spiro atoms. The van der Waals surface area contributed by atoms with Gasteiger partial charge in [-0.3, -0.25) is 0 Å². The summed E-state index contributed by atoms with van der Waals surface area (Å²) in [5, 5.41) is 9.35.